The molecule has 0 aliphatic carbocycles. The summed E-state index contributed by atoms with van der Waals surface area (Å²) in [5.41, 5.74) is 1.40. The lowest BCUT2D eigenvalue weighted by Crippen LogP contribution is -2.40. The number of amides is 2. The Morgan fingerprint density at radius 2 is 2.10 bits per heavy atom. The lowest BCUT2D eigenvalue weighted by molar-refractivity contribution is -0.138. The molecule has 2 amide bonds. The van der Waals surface area contributed by atoms with E-state index < -0.39 is 11.9 Å². The van der Waals surface area contributed by atoms with Gasteiger partial charge in [0.1, 0.15) is 5.92 Å². The molecule has 0 saturated carbocycles. The summed E-state index contributed by atoms with van der Waals surface area (Å²) in [4.78, 5) is 25.0. The van der Waals surface area contributed by atoms with E-state index in [1.165, 1.54) is 4.90 Å². The average Bonchev–Trinajstić information content (AvgIpc) is 2.78. The first-order chi connectivity index (χ1) is 9.50. The summed E-state index contributed by atoms with van der Waals surface area (Å²) >= 11 is 0. The smallest absolute Gasteiger partial charge is 0.321 e. The fourth-order valence-corrected chi connectivity index (χ4v) is 2.37. The molecular weight excluding hydrogens is 256 g/mol. The Morgan fingerprint density at radius 1 is 1.40 bits per heavy atom. The van der Waals surface area contributed by atoms with Gasteiger partial charge in [0.2, 0.25) is 0 Å². The zero-order valence-corrected chi connectivity index (χ0v) is 11.8. The molecule has 1 aliphatic rings. The van der Waals surface area contributed by atoms with Crippen molar-refractivity contribution in [2.75, 3.05) is 18.0 Å². The summed E-state index contributed by atoms with van der Waals surface area (Å²) in [6.45, 7) is 4.99. The predicted octanol–water partition coefficient (Wildman–Crippen LogP) is 2.43. The maximum Gasteiger partial charge on any atom is 0.321 e. The van der Waals surface area contributed by atoms with E-state index in [9.17, 15) is 14.7 Å². The quantitative estimate of drug-likeness (QED) is 0.887. The maximum atomic E-state index is 12.2. The van der Waals surface area contributed by atoms with Crippen LogP contribution in [0.4, 0.5) is 10.5 Å². The third kappa shape index (κ3) is 2.92. The van der Waals surface area contributed by atoms with E-state index >= 15 is 0 Å². The first kappa shape index (κ1) is 14.4. The van der Waals surface area contributed by atoms with Crippen LogP contribution in [0, 0.1) is 5.92 Å². The van der Waals surface area contributed by atoms with Crippen molar-refractivity contribution in [1.82, 2.24) is 5.32 Å². The van der Waals surface area contributed by atoms with Gasteiger partial charge in [-0.05, 0) is 24.0 Å². The minimum absolute atomic E-state index is 0.197. The molecule has 1 aromatic rings. The van der Waals surface area contributed by atoms with Crippen molar-refractivity contribution in [3.63, 3.8) is 0 Å². The molecule has 1 atom stereocenters. The second kappa shape index (κ2) is 5.94. The zero-order valence-electron chi connectivity index (χ0n) is 11.8. The second-order valence-electron chi connectivity index (χ2n) is 5.47. The Bertz CT molecular complexity index is 514. The Labute approximate surface area is 118 Å². The van der Waals surface area contributed by atoms with Crippen LogP contribution >= 0.6 is 0 Å². The molecule has 2 rings (SSSR count). The van der Waals surface area contributed by atoms with Crippen molar-refractivity contribution in [3.8, 4) is 0 Å². The minimum Gasteiger partial charge on any atom is -0.481 e. The average molecular weight is 276 g/mol. The van der Waals surface area contributed by atoms with Gasteiger partial charge in [0, 0.05) is 18.8 Å². The molecule has 0 aromatic heterocycles. The van der Waals surface area contributed by atoms with Crippen LogP contribution in [0.5, 0.6) is 0 Å². The van der Waals surface area contributed by atoms with Crippen molar-refractivity contribution in [3.05, 3.63) is 29.8 Å². The number of anilines is 1. The summed E-state index contributed by atoms with van der Waals surface area (Å²) in [6.07, 6.45) is 0.906. The monoisotopic (exact) mass is 276 g/mol. The number of nitrogens with one attached hydrogen (secondary N) is 1. The van der Waals surface area contributed by atoms with Gasteiger partial charge >= 0.3 is 12.0 Å². The lowest BCUT2D eigenvalue weighted by atomic mass is 10.0. The Balaban J connectivity index is 2.10. The van der Waals surface area contributed by atoms with Crippen LogP contribution in [0.3, 0.4) is 0 Å². The number of aliphatic carboxylic acids is 1. The first-order valence-corrected chi connectivity index (χ1v) is 6.87. The predicted molar refractivity (Wildman–Crippen MR) is 77.0 cm³/mol. The van der Waals surface area contributed by atoms with E-state index in [1.807, 2.05) is 6.07 Å². The molecular formula is C15H20N2O3. The van der Waals surface area contributed by atoms with E-state index in [4.69, 9.17) is 0 Å². The van der Waals surface area contributed by atoms with Gasteiger partial charge in [0.05, 0.1) is 0 Å². The van der Waals surface area contributed by atoms with E-state index in [2.05, 4.69) is 19.2 Å². The van der Waals surface area contributed by atoms with Gasteiger partial charge in [-0.2, -0.15) is 0 Å². The fourth-order valence-electron chi connectivity index (χ4n) is 2.37. The number of carbonyl (C=O) groups excluding carboxylic acids is 1. The van der Waals surface area contributed by atoms with Crippen LogP contribution in [0.25, 0.3) is 0 Å². The molecule has 1 heterocycles. The van der Waals surface area contributed by atoms with E-state index in [1.54, 1.807) is 18.2 Å². The summed E-state index contributed by atoms with van der Waals surface area (Å²) in [6, 6.07) is 6.96. The van der Waals surface area contributed by atoms with Crippen LogP contribution in [0.2, 0.25) is 0 Å². The third-order valence-electron chi connectivity index (χ3n) is 3.51. The van der Waals surface area contributed by atoms with Crippen molar-refractivity contribution < 1.29 is 14.7 Å². The lowest BCUT2D eigenvalue weighted by Gasteiger charge is -2.18. The molecule has 1 aliphatic heterocycles. The summed E-state index contributed by atoms with van der Waals surface area (Å²) in [7, 11) is 0. The van der Waals surface area contributed by atoms with E-state index in [0.29, 0.717) is 23.7 Å². The molecule has 2 N–H and O–H groups in total. The summed E-state index contributed by atoms with van der Waals surface area (Å²) < 4.78 is 0. The molecule has 1 unspecified atom stereocenters. The zero-order chi connectivity index (χ0) is 14.7. The summed E-state index contributed by atoms with van der Waals surface area (Å²) in [5.74, 6) is -1.01. The van der Waals surface area contributed by atoms with E-state index in [-0.39, 0.29) is 12.6 Å². The van der Waals surface area contributed by atoms with Gasteiger partial charge in [0.25, 0.3) is 0 Å². The molecule has 20 heavy (non-hydrogen) atoms. The third-order valence-corrected chi connectivity index (χ3v) is 3.51. The van der Waals surface area contributed by atoms with Crippen LogP contribution in [-0.4, -0.2) is 30.2 Å². The molecule has 1 aromatic carbocycles. The second-order valence-corrected chi connectivity index (χ2v) is 5.47. The number of rotatable bonds is 4. The highest BCUT2D eigenvalue weighted by atomic mass is 16.4. The highest BCUT2D eigenvalue weighted by Gasteiger charge is 2.36. The van der Waals surface area contributed by atoms with Gasteiger partial charge in [-0.25, -0.2) is 4.79 Å². The number of benzene rings is 1. The highest BCUT2D eigenvalue weighted by molar-refractivity contribution is 5.97. The summed E-state index contributed by atoms with van der Waals surface area (Å²) in [5, 5.41) is 12.1. The van der Waals surface area contributed by atoms with Crippen LogP contribution < -0.4 is 10.2 Å². The van der Waals surface area contributed by atoms with Gasteiger partial charge in [-0.3, -0.25) is 9.69 Å². The fraction of sp³-hybridized carbons (Fsp3) is 0.467. The molecule has 5 nitrogen and oxygen atoms in total. The number of carboxylic acids is 1. The van der Waals surface area contributed by atoms with Gasteiger partial charge in [-0.15, -0.1) is 0 Å². The molecule has 0 spiro atoms. The van der Waals surface area contributed by atoms with Crippen LogP contribution in [0.1, 0.15) is 31.7 Å². The molecule has 0 fully saturated rings. The number of carboxylic acid groups (broad SMARTS) is 1. The van der Waals surface area contributed by atoms with Crippen molar-refractivity contribution in [1.29, 1.82) is 0 Å². The molecule has 5 heteroatoms. The standard InChI is InChI=1S/C15H20N2O3/c1-10(2)7-8-16-15(20)17-9-12(14(18)19)11-5-3-4-6-13(11)17/h3-6,10,12H,7-9H2,1-2H3,(H,16,20)(H,18,19). The molecule has 108 valence electrons. The number of fused-ring (bicyclic) bond motifs is 1. The minimum atomic E-state index is -0.894. The van der Waals surface area contributed by atoms with Crippen LogP contribution in [0.15, 0.2) is 24.3 Å². The Morgan fingerprint density at radius 3 is 2.75 bits per heavy atom. The number of nitrogens with zero attached hydrogens (tertiary/aromatic N) is 1. The number of carbonyl (C=O) groups is 2. The largest absolute Gasteiger partial charge is 0.481 e. The first-order valence-electron chi connectivity index (χ1n) is 6.87. The molecule has 0 radical (unpaired) electrons. The number of para-hydroxylation sites is 1. The topological polar surface area (TPSA) is 69.6 Å². The van der Waals surface area contributed by atoms with E-state index in [0.717, 1.165) is 6.42 Å². The SMILES string of the molecule is CC(C)CCNC(=O)N1CC(C(=O)O)c2ccccc21. The van der Waals surface area contributed by atoms with Gasteiger partial charge in [-0.1, -0.05) is 32.0 Å². The number of hydrogen-bond acceptors (Lipinski definition) is 2. The highest BCUT2D eigenvalue weighted by Crippen LogP contribution is 2.36. The molecule has 0 saturated heterocycles. The number of hydrogen-bond donors (Lipinski definition) is 2. The molecule has 0 bridgehead atoms. The van der Waals surface area contributed by atoms with Gasteiger partial charge in [0.15, 0.2) is 0 Å². The maximum absolute atomic E-state index is 12.2. The van der Waals surface area contributed by atoms with Gasteiger partial charge < -0.3 is 10.4 Å². The Kier molecular flexibility index (Phi) is 4.27. The van der Waals surface area contributed by atoms with Crippen LogP contribution in [-0.2, 0) is 4.79 Å². The number of urea groups is 1. The Hall–Kier alpha value is -2.04. The van der Waals surface area contributed by atoms with Crippen molar-refractivity contribution in [2.24, 2.45) is 5.92 Å². The normalized spacial score (nSPS) is 17.1. The van der Waals surface area contributed by atoms with Crippen molar-refractivity contribution >= 4 is 17.7 Å². The van der Waals surface area contributed by atoms with Crippen molar-refractivity contribution in [2.45, 2.75) is 26.2 Å².